The van der Waals surface area contributed by atoms with Gasteiger partial charge in [-0.1, -0.05) is 0 Å². The third-order valence-corrected chi connectivity index (χ3v) is 3.73. The summed E-state index contributed by atoms with van der Waals surface area (Å²) < 4.78 is 15.7. The van der Waals surface area contributed by atoms with E-state index in [1.165, 1.54) is 14.2 Å². The number of benzene rings is 1. The Morgan fingerprint density at radius 1 is 1.32 bits per heavy atom. The summed E-state index contributed by atoms with van der Waals surface area (Å²) in [6, 6.07) is 1.63. The molecule has 2 atom stereocenters. The van der Waals surface area contributed by atoms with Gasteiger partial charge in [0.15, 0.2) is 0 Å². The standard InChI is InChI=1S/C14H18O5/c1-7-9(17-4)6-10(18-5)11-12(7)14(3,16)8(2)19-13(11)15/h6,8,16H,1-5H3. The molecular weight excluding hydrogens is 248 g/mol. The summed E-state index contributed by atoms with van der Waals surface area (Å²) in [6.45, 7) is 5.08. The van der Waals surface area contributed by atoms with Crippen LogP contribution in [0, 0.1) is 6.92 Å². The molecule has 1 heterocycles. The number of fused-ring (bicyclic) bond motifs is 1. The lowest BCUT2D eigenvalue weighted by atomic mass is 9.81. The van der Waals surface area contributed by atoms with Gasteiger partial charge in [0.1, 0.15) is 28.8 Å². The van der Waals surface area contributed by atoms with Gasteiger partial charge in [0, 0.05) is 11.6 Å². The lowest BCUT2D eigenvalue weighted by Gasteiger charge is -2.38. The predicted molar refractivity (Wildman–Crippen MR) is 68.7 cm³/mol. The zero-order valence-electron chi connectivity index (χ0n) is 11.7. The van der Waals surface area contributed by atoms with Crippen molar-refractivity contribution in [2.45, 2.75) is 32.5 Å². The summed E-state index contributed by atoms with van der Waals surface area (Å²) in [6.07, 6.45) is -0.636. The van der Waals surface area contributed by atoms with Gasteiger partial charge in [-0.25, -0.2) is 4.79 Å². The van der Waals surface area contributed by atoms with Crippen LogP contribution >= 0.6 is 0 Å². The number of esters is 1. The van der Waals surface area contributed by atoms with Crippen LogP contribution in [-0.4, -0.2) is 31.4 Å². The predicted octanol–water partition coefficient (Wildman–Crippen LogP) is 1.78. The summed E-state index contributed by atoms with van der Waals surface area (Å²) in [5.41, 5.74) is 0.206. The second-order valence-corrected chi connectivity index (χ2v) is 4.85. The number of methoxy groups -OCH3 is 2. The van der Waals surface area contributed by atoms with Gasteiger partial charge >= 0.3 is 5.97 Å². The molecular formula is C14H18O5. The lowest BCUT2D eigenvalue weighted by Crippen LogP contribution is -2.44. The number of hydrogen-bond acceptors (Lipinski definition) is 5. The lowest BCUT2D eigenvalue weighted by molar-refractivity contribution is -0.0817. The minimum absolute atomic E-state index is 0.268. The van der Waals surface area contributed by atoms with Crippen LogP contribution in [0.5, 0.6) is 11.5 Å². The number of cyclic esters (lactones) is 1. The van der Waals surface area contributed by atoms with Crippen LogP contribution < -0.4 is 9.47 Å². The highest BCUT2D eigenvalue weighted by Gasteiger charge is 2.45. The fraction of sp³-hybridized carbons (Fsp3) is 0.500. The fourth-order valence-electron chi connectivity index (χ4n) is 2.48. The molecule has 0 bridgehead atoms. The van der Waals surface area contributed by atoms with E-state index in [1.54, 1.807) is 26.8 Å². The molecule has 2 rings (SSSR count). The summed E-state index contributed by atoms with van der Waals surface area (Å²) in [4.78, 5) is 12.1. The first kappa shape index (κ1) is 13.7. The number of hydrogen-bond donors (Lipinski definition) is 1. The van der Waals surface area contributed by atoms with Crippen molar-refractivity contribution in [1.82, 2.24) is 0 Å². The van der Waals surface area contributed by atoms with Crippen molar-refractivity contribution in [3.05, 3.63) is 22.8 Å². The van der Waals surface area contributed by atoms with Crippen molar-refractivity contribution in [3.63, 3.8) is 0 Å². The second kappa shape index (κ2) is 4.42. The van der Waals surface area contributed by atoms with E-state index in [9.17, 15) is 9.90 Å². The Labute approximate surface area is 112 Å². The Hall–Kier alpha value is -1.75. The number of ether oxygens (including phenoxy) is 3. The van der Waals surface area contributed by atoms with E-state index >= 15 is 0 Å². The highest BCUT2D eigenvalue weighted by atomic mass is 16.6. The van der Waals surface area contributed by atoms with Gasteiger partial charge in [0.05, 0.1) is 14.2 Å². The molecule has 1 aliphatic heterocycles. The number of rotatable bonds is 2. The SMILES string of the molecule is COc1cc(OC)c2c(c1C)C(C)(O)C(C)OC2=O. The molecule has 1 aromatic rings. The van der Waals surface area contributed by atoms with Gasteiger partial charge in [-0.3, -0.25) is 0 Å². The van der Waals surface area contributed by atoms with Crippen LogP contribution in [0.4, 0.5) is 0 Å². The van der Waals surface area contributed by atoms with Crippen LogP contribution in [0.1, 0.15) is 35.3 Å². The van der Waals surface area contributed by atoms with Crippen molar-refractivity contribution < 1.29 is 24.1 Å². The van der Waals surface area contributed by atoms with Gasteiger partial charge in [-0.15, -0.1) is 0 Å². The van der Waals surface area contributed by atoms with Crippen molar-refractivity contribution in [2.24, 2.45) is 0 Å². The monoisotopic (exact) mass is 266 g/mol. The molecule has 0 radical (unpaired) electrons. The van der Waals surface area contributed by atoms with Gasteiger partial charge in [0.25, 0.3) is 0 Å². The largest absolute Gasteiger partial charge is 0.496 e. The third kappa shape index (κ3) is 1.85. The molecule has 0 amide bonds. The molecule has 1 aromatic carbocycles. The number of aliphatic hydroxyl groups is 1. The minimum Gasteiger partial charge on any atom is -0.496 e. The maximum absolute atomic E-state index is 12.1. The van der Waals surface area contributed by atoms with Crippen LogP contribution in [0.25, 0.3) is 0 Å². The van der Waals surface area contributed by atoms with Gasteiger partial charge < -0.3 is 19.3 Å². The number of carbonyl (C=O) groups is 1. The molecule has 0 fully saturated rings. The first-order valence-electron chi connectivity index (χ1n) is 6.04. The topological polar surface area (TPSA) is 65.0 Å². The highest BCUT2D eigenvalue weighted by Crippen LogP contribution is 2.44. The second-order valence-electron chi connectivity index (χ2n) is 4.85. The first-order chi connectivity index (χ1) is 8.84. The van der Waals surface area contributed by atoms with Crippen molar-refractivity contribution in [1.29, 1.82) is 0 Å². The summed E-state index contributed by atoms with van der Waals surface area (Å²) in [5.74, 6) is 0.420. The van der Waals surface area contributed by atoms with Crippen molar-refractivity contribution >= 4 is 5.97 Å². The van der Waals surface area contributed by atoms with E-state index in [2.05, 4.69) is 0 Å². The molecule has 19 heavy (non-hydrogen) atoms. The Morgan fingerprint density at radius 2 is 1.89 bits per heavy atom. The van der Waals surface area contributed by atoms with E-state index in [-0.39, 0.29) is 5.56 Å². The third-order valence-electron chi connectivity index (χ3n) is 3.73. The Bertz CT molecular complexity index is 533. The maximum Gasteiger partial charge on any atom is 0.342 e. The fourth-order valence-corrected chi connectivity index (χ4v) is 2.48. The highest BCUT2D eigenvalue weighted by molar-refractivity contribution is 5.97. The average molecular weight is 266 g/mol. The Morgan fingerprint density at radius 3 is 2.42 bits per heavy atom. The zero-order valence-corrected chi connectivity index (χ0v) is 11.7. The van der Waals surface area contributed by atoms with E-state index in [4.69, 9.17) is 14.2 Å². The summed E-state index contributed by atoms with van der Waals surface area (Å²) in [5, 5.41) is 10.6. The molecule has 0 saturated carbocycles. The molecule has 104 valence electrons. The van der Waals surface area contributed by atoms with Gasteiger partial charge in [0.2, 0.25) is 0 Å². The van der Waals surface area contributed by atoms with Gasteiger partial charge in [-0.2, -0.15) is 0 Å². The van der Waals surface area contributed by atoms with Crippen LogP contribution in [-0.2, 0) is 10.3 Å². The van der Waals surface area contributed by atoms with Crippen LogP contribution in [0.2, 0.25) is 0 Å². The zero-order chi connectivity index (χ0) is 14.4. The molecule has 0 aliphatic carbocycles. The Balaban J connectivity index is 2.84. The molecule has 1 aliphatic rings. The van der Waals surface area contributed by atoms with Crippen LogP contribution in [0.15, 0.2) is 6.07 Å². The number of carbonyl (C=O) groups excluding carboxylic acids is 1. The van der Waals surface area contributed by atoms with Crippen LogP contribution in [0.3, 0.4) is 0 Å². The first-order valence-corrected chi connectivity index (χ1v) is 6.04. The van der Waals surface area contributed by atoms with E-state index in [0.29, 0.717) is 22.6 Å². The van der Waals surface area contributed by atoms with E-state index in [1.807, 2.05) is 0 Å². The molecule has 2 unspecified atom stereocenters. The van der Waals surface area contributed by atoms with E-state index < -0.39 is 17.7 Å². The molecule has 1 N–H and O–H groups in total. The smallest absolute Gasteiger partial charge is 0.342 e. The minimum atomic E-state index is -1.28. The molecule has 0 aromatic heterocycles. The van der Waals surface area contributed by atoms with Crippen molar-refractivity contribution in [3.8, 4) is 11.5 Å². The van der Waals surface area contributed by atoms with E-state index in [0.717, 1.165) is 0 Å². The molecule has 5 nitrogen and oxygen atoms in total. The summed E-state index contributed by atoms with van der Waals surface area (Å²) in [7, 11) is 3.00. The Kier molecular flexibility index (Phi) is 3.18. The van der Waals surface area contributed by atoms with Gasteiger partial charge in [-0.05, 0) is 26.3 Å². The quantitative estimate of drug-likeness (QED) is 0.827. The molecule has 0 spiro atoms. The average Bonchev–Trinajstić information content (AvgIpc) is 2.36. The molecule has 5 heteroatoms. The maximum atomic E-state index is 12.1. The van der Waals surface area contributed by atoms with Crippen molar-refractivity contribution in [2.75, 3.05) is 14.2 Å². The summed E-state index contributed by atoms with van der Waals surface area (Å²) >= 11 is 0. The molecule has 0 saturated heterocycles. The normalized spacial score (nSPS) is 25.6.